The number of thiocarbonyl (C=S) groups is 1. The molecule has 5 heteroatoms. The molecule has 0 atom stereocenters. The van der Waals surface area contributed by atoms with Gasteiger partial charge in [0.05, 0.1) is 5.56 Å². The van der Waals surface area contributed by atoms with Gasteiger partial charge in [0.15, 0.2) is 0 Å². The Morgan fingerprint density at radius 3 is 2.67 bits per heavy atom. The van der Waals surface area contributed by atoms with Gasteiger partial charge in [0.25, 0.3) is 0 Å². The van der Waals surface area contributed by atoms with E-state index in [1.807, 2.05) is 37.3 Å². The van der Waals surface area contributed by atoms with Crippen LogP contribution in [-0.2, 0) is 0 Å². The molecule has 2 nitrogen and oxygen atoms in total. The van der Waals surface area contributed by atoms with Gasteiger partial charge in [-0.3, -0.25) is 0 Å². The molecular weight excluding hydrogens is 322 g/mol. The summed E-state index contributed by atoms with van der Waals surface area (Å²) in [5.41, 5.74) is 7.63. The Morgan fingerprint density at radius 2 is 2.05 bits per heavy atom. The molecule has 0 fully saturated rings. The number of thioether (sulfide) groups is 1. The van der Waals surface area contributed by atoms with Gasteiger partial charge in [0.1, 0.15) is 16.5 Å². The third-order valence-corrected chi connectivity index (χ3v) is 4.27. The van der Waals surface area contributed by atoms with E-state index in [9.17, 15) is 0 Å². The molecule has 2 aromatic carbocycles. The average molecular weight is 338 g/mol. The van der Waals surface area contributed by atoms with E-state index in [1.54, 1.807) is 17.8 Å². The van der Waals surface area contributed by atoms with Crippen LogP contribution < -0.4 is 10.5 Å². The summed E-state index contributed by atoms with van der Waals surface area (Å²) >= 11 is 12.8. The molecule has 0 aliphatic rings. The highest BCUT2D eigenvalue weighted by Gasteiger charge is 2.14. The van der Waals surface area contributed by atoms with Crippen molar-refractivity contribution in [3.8, 4) is 11.5 Å². The molecule has 0 saturated heterocycles. The first-order valence-electron chi connectivity index (χ1n) is 6.52. The Bertz CT molecular complexity index is 673. The van der Waals surface area contributed by atoms with E-state index in [2.05, 4.69) is 6.92 Å². The molecule has 0 heterocycles. The van der Waals surface area contributed by atoms with Crippen molar-refractivity contribution in [2.75, 3.05) is 5.75 Å². The zero-order valence-corrected chi connectivity index (χ0v) is 14.2. The summed E-state index contributed by atoms with van der Waals surface area (Å²) < 4.78 is 6.00. The summed E-state index contributed by atoms with van der Waals surface area (Å²) in [7, 11) is 0. The van der Waals surface area contributed by atoms with Gasteiger partial charge in [0.2, 0.25) is 0 Å². The molecule has 0 bridgehead atoms. The van der Waals surface area contributed by atoms with Gasteiger partial charge in [-0.1, -0.05) is 36.8 Å². The van der Waals surface area contributed by atoms with Crippen LogP contribution in [0.4, 0.5) is 0 Å². The van der Waals surface area contributed by atoms with Crippen LogP contribution in [0.25, 0.3) is 0 Å². The smallest absolute Gasteiger partial charge is 0.138 e. The van der Waals surface area contributed by atoms with Gasteiger partial charge in [-0.05, 0) is 48.6 Å². The molecule has 0 unspecified atom stereocenters. The standard InChI is InChI=1S/C16H16ClNOS2/c1-3-21-14-6-4-5-13(15(14)16(18)20)19-12-8-7-11(17)9-10(12)2/h4-9H,3H2,1-2H3,(H2,18,20). The molecule has 0 radical (unpaired) electrons. The van der Waals surface area contributed by atoms with Crippen LogP contribution in [0.15, 0.2) is 41.3 Å². The number of hydrogen-bond donors (Lipinski definition) is 1. The van der Waals surface area contributed by atoms with Crippen LogP contribution in [0, 0.1) is 6.92 Å². The number of hydrogen-bond acceptors (Lipinski definition) is 3. The zero-order chi connectivity index (χ0) is 15.4. The molecule has 0 amide bonds. The van der Waals surface area contributed by atoms with E-state index in [0.717, 1.165) is 27.5 Å². The molecule has 0 aliphatic carbocycles. The van der Waals surface area contributed by atoms with E-state index in [4.69, 9.17) is 34.3 Å². The Balaban J connectivity index is 2.43. The number of ether oxygens (including phenoxy) is 1. The van der Waals surface area contributed by atoms with Crippen molar-refractivity contribution in [2.24, 2.45) is 5.73 Å². The number of rotatable bonds is 5. The second kappa shape index (κ2) is 7.16. The first-order valence-corrected chi connectivity index (χ1v) is 8.29. The van der Waals surface area contributed by atoms with Crippen LogP contribution in [0.1, 0.15) is 18.1 Å². The van der Waals surface area contributed by atoms with E-state index in [0.29, 0.717) is 15.8 Å². The summed E-state index contributed by atoms with van der Waals surface area (Å²) in [4.78, 5) is 1.38. The van der Waals surface area contributed by atoms with Gasteiger partial charge in [-0.25, -0.2) is 0 Å². The zero-order valence-electron chi connectivity index (χ0n) is 11.9. The molecule has 2 rings (SSSR count). The fourth-order valence-electron chi connectivity index (χ4n) is 1.96. The minimum Gasteiger partial charge on any atom is -0.456 e. The second-order valence-corrected chi connectivity index (χ2v) is 6.62. The number of benzene rings is 2. The maximum Gasteiger partial charge on any atom is 0.138 e. The topological polar surface area (TPSA) is 35.2 Å². The van der Waals surface area contributed by atoms with Crippen molar-refractivity contribution >= 4 is 40.6 Å². The number of halogens is 1. The van der Waals surface area contributed by atoms with Gasteiger partial charge in [0, 0.05) is 9.92 Å². The van der Waals surface area contributed by atoms with Crippen LogP contribution in [0.2, 0.25) is 5.02 Å². The summed E-state index contributed by atoms with van der Waals surface area (Å²) in [5, 5.41) is 0.685. The SMILES string of the molecule is CCSc1cccc(Oc2ccc(Cl)cc2C)c1C(N)=S. The van der Waals surface area contributed by atoms with Crippen molar-refractivity contribution in [1.29, 1.82) is 0 Å². The van der Waals surface area contributed by atoms with Crippen molar-refractivity contribution < 1.29 is 4.74 Å². The number of aryl methyl sites for hydroxylation is 1. The lowest BCUT2D eigenvalue weighted by molar-refractivity contribution is 0.476. The highest BCUT2D eigenvalue weighted by Crippen LogP contribution is 2.34. The highest BCUT2D eigenvalue weighted by atomic mass is 35.5. The molecular formula is C16H16ClNOS2. The normalized spacial score (nSPS) is 10.4. The quantitative estimate of drug-likeness (QED) is 0.601. The van der Waals surface area contributed by atoms with Crippen LogP contribution >= 0.6 is 35.6 Å². The predicted octanol–water partition coefficient (Wildman–Crippen LogP) is 5.19. The lowest BCUT2D eigenvalue weighted by Gasteiger charge is -2.15. The van der Waals surface area contributed by atoms with Gasteiger partial charge >= 0.3 is 0 Å². The van der Waals surface area contributed by atoms with E-state index >= 15 is 0 Å². The Kier molecular flexibility index (Phi) is 5.51. The van der Waals surface area contributed by atoms with Crippen molar-refractivity contribution in [1.82, 2.24) is 0 Å². The van der Waals surface area contributed by atoms with Crippen molar-refractivity contribution in [3.05, 3.63) is 52.5 Å². The average Bonchev–Trinajstić information content (AvgIpc) is 2.42. The van der Waals surface area contributed by atoms with Crippen LogP contribution in [-0.4, -0.2) is 10.7 Å². The molecule has 110 valence electrons. The monoisotopic (exact) mass is 337 g/mol. The van der Waals surface area contributed by atoms with Crippen LogP contribution in [0.3, 0.4) is 0 Å². The molecule has 0 aliphatic heterocycles. The lowest BCUT2D eigenvalue weighted by Crippen LogP contribution is -2.12. The molecule has 0 saturated carbocycles. The van der Waals surface area contributed by atoms with Gasteiger partial charge in [-0.15, -0.1) is 11.8 Å². The molecule has 2 aromatic rings. The lowest BCUT2D eigenvalue weighted by atomic mass is 10.2. The maximum absolute atomic E-state index is 6.00. The Morgan fingerprint density at radius 1 is 1.29 bits per heavy atom. The van der Waals surface area contributed by atoms with Gasteiger partial charge in [-0.2, -0.15) is 0 Å². The third kappa shape index (κ3) is 3.90. The second-order valence-electron chi connectivity index (χ2n) is 4.44. The first-order chi connectivity index (χ1) is 10.0. The Labute approximate surface area is 139 Å². The third-order valence-electron chi connectivity index (χ3n) is 2.89. The fourth-order valence-corrected chi connectivity index (χ4v) is 3.30. The minimum absolute atomic E-state index is 0.341. The summed E-state index contributed by atoms with van der Waals surface area (Å²) in [6.07, 6.45) is 0. The van der Waals surface area contributed by atoms with E-state index in [-0.39, 0.29) is 0 Å². The summed E-state index contributed by atoms with van der Waals surface area (Å²) in [6.45, 7) is 4.04. The maximum atomic E-state index is 6.00. The molecule has 2 N–H and O–H groups in total. The first kappa shape index (κ1) is 16.1. The molecule has 0 aromatic heterocycles. The predicted molar refractivity (Wildman–Crippen MR) is 95.0 cm³/mol. The fraction of sp³-hybridized carbons (Fsp3) is 0.188. The summed E-state index contributed by atoms with van der Waals surface area (Å²) in [6, 6.07) is 11.3. The molecule has 21 heavy (non-hydrogen) atoms. The highest BCUT2D eigenvalue weighted by molar-refractivity contribution is 7.99. The van der Waals surface area contributed by atoms with Crippen LogP contribution in [0.5, 0.6) is 11.5 Å². The van der Waals surface area contributed by atoms with Gasteiger partial charge < -0.3 is 10.5 Å². The Hall–Kier alpha value is -1.23. The van der Waals surface area contributed by atoms with E-state index < -0.39 is 0 Å². The van der Waals surface area contributed by atoms with Crippen molar-refractivity contribution in [3.63, 3.8) is 0 Å². The van der Waals surface area contributed by atoms with E-state index in [1.165, 1.54) is 0 Å². The van der Waals surface area contributed by atoms with Crippen molar-refractivity contribution in [2.45, 2.75) is 18.7 Å². The number of nitrogens with two attached hydrogens (primary N) is 1. The minimum atomic E-state index is 0.341. The molecule has 0 spiro atoms. The summed E-state index contributed by atoms with van der Waals surface area (Å²) in [5.74, 6) is 2.36. The largest absolute Gasteiger partial charge is 0.456 e.